The van der Waals surface area contributed by atoms with Crippen LogP contribution in [0.3, 0.4) is 0 Å². The van der Waals surface area contributed by atoms with E-state index in [-0.39, 0.29) is 0 Å². The number of unbranched alkanes of at least 4 members (excludes halogenated alkanes) is 3. The molecule has 0 heterocycles. The predicted octanol–water partition coefficient (Wildman–Crippen LogP) is 11.0. The van der Waals surface area contributed by atoms with E-state index in [1.807, 2.05) is 0 Å². The van der Waals surface area contributed by atoms with E-state index in [1.54, 1.807) is 0 Å². The molecule has 0 aromatic heterocycles. The summed E-state index contributed by atoms with van der Waals surface area (Å²) < 4.78 is 71.5. The van der Waals surface area contributed by atoms with Crippen LogP contribution in [0, 0.1) is 0 Å². The van der Waals surface area contributed by atoms with Crippen LogP contribution in [-0.4, -0.2) is 19.0 Å². The second kappa shape index (κ2) is 14.0. The number of thiol groups is 1. The summed E-state index contributed by atoms with van der Waals surface area (Å²) in [4.78, 5) is 0. The number of halogens is 6. The van der Waals surface area contributed by atoms with Crippen LogP contribution in [0.25, 0.3) is 10.8 Å². The second-order valence-corrected chi connectivity index (χ2v) is 12.1. The SMILES string of the molecule is CCCCOc1ccc2ccc(OCCCC)c(C(CCC)[SH+]CCCC)c2c1.F[P-](F)(F)(F)(F)F. The fraction of sp³-hybridized carbons (Fsp3) is 0.615. The van der Waals surface area contributed by atoms with Gasteiger partial charge in [-0.25, -0.2) is 0 Å². The van der Waals surface area contributed by atoms with Crippen LogP contribution in [0.15, 0.2) is 30.3 Å². The Labute approximate surface area is 215 Å². The van der Waals surface area contributed by atoms with E-state index in [1.165, 1.54) is 59.5 Å². The molecule has 36 heavy (non-hydrogen) atoms. The van der Waals surface area contributed by atoms with Crippen molar-refractivity contribution in [3.63, 3.8) is 0 Å². The Hall–Kier alpha value is -1.34. The standard InChI is InChI=1S/C26H40O2S.F6P/c1-5-9-17-27-22-15-13-21-14-16-24(28-18-10-6-2)26(23(21)20-22)25(12-8-4)29-19-11-7-3;1-7(2,3,4,5)6/h13-16,20,25H,5-12,17-19H2,1-4H3;/q;-1/p+1. The van der Waals surface area contributed by atoms with Crippen molar-refractivity contribution in [2.24, 2.45) is 0 Å². The van der Waals surface area contributed by atoms with Gasteiger partial charge >= 0.3 is 33.0 Å². The predicted molar refractivity (Wildman–Crippen MR) is 145 cm³/mol. The summed E-state index contributed by atoms with van der Waals surface area (Å²) in [5, 5.41) is 3.13. The molecule has 0 N–H and O–H groups in total. The minimum absolute atomic E-state index is 0.526. The van der Waals surface area contributed by atoms with Gasteiger partial charge in [-0.3, -0.25) is 0 Å². The molecule has 0 aliphatic heterocycles. The van der Waals surface area contributed by atoms with Crippen LogP contribution in [-0.2, 0) is 11.8 Å². The zero-order valence-electron chi connectivity index (χ0n) is 21.7. The third-order valence-electron chi connectivity index (χ3n) is 5.27. The number of ether oxygens (including phenoxy) is 2. The van der Waals surface area contributed by atoms with Gasteiger partial charge in [-0.2, -0.15) is 0 Å². The monoisotopic (exact) mass is 562 g/mol. The average Bonchev–Trinajstić information content (AvgIpc) is 2.77. The molecule has 1 atom stereocenters. The van der Waals surface area contributed by atoms with Crippen LogP contribution in [0.1, 0.15) is 89.9 Å². The molecular formula is C26H41F6O2PS. The van der Waals surface area contributed by atoms with Crippen LogP contribution in [0.2, 0.25) is 0 Å². The molecule has 2 nitrogen and oxygen atoms in total. The van der Waals surface area contributed by atoms with Gasteiger partial charge in [0.15, 0.2) is 0 Å². The van der Waals surface area contributed by atoms with Gasteiger partial charge < -0.3 is 9.47 Å². The molecule has 0 amide bonds. The van der Waals surface area contributed by atoms with E-state index in [4.69, 9.17) is 9.47 Å². The van der Waals surface area contributed by atoms with Crippen molar-refractivity contribution in [1.82, 2.24) is 0 Å². The van der Waals surface area contributed by atoms with Crippen LogP contribution < -0.4 is 9.47 Å². The molecule has 0 saturated carbocycles. The van der Waals surface area contributed by atoms with Crippen LogP contribution >= 0.6 is 7.81 Å². The minimum atomic E-state index is -10.7. The van der Waals surface area contributed by atoms with Crippen molar-refractivity contribution in [2.45, 2.75) is 84.3 Å². The fourth-order valence-corrected chi connectivity index (χ4v) is 5.23. The molecule has 0 fully saturated rings. The Kier molecular flexibility index (Phi) is 12.7. The first-order valence-electron chi connectivity index (χ1n) is 12.7. The summed E-state index contributed by atoms with van der Waals surface area (Å²) in [6.45, 7) is 10.6. The summed E-state index contributed by atoms with van der Waals surface area (Å²) in [7, 11) is -10.7. The van der Waals surface area contributed by atoms with Crippen molar-refractivity contribution in [1.29, 1.82) is 0 Å². The van der Waals surface area contributed by atoms with Crippen LogP contribution in [0.4, 0.5) is 25.2 Å². The number of hydrogen-bond donors (Lipinski definition) is 0. The van der Waals surface area contributed by atoms with E-state index >= 15 is 0 Å². The van der Waals surface area contributed by atoms with E-state index in [0.717, 1.165) is 50.4 Å². The fourth-order valence-electron chi connectivity index (χ4n) is 3.53. The summed E-state index contributed by atoms with van der Waals surface area (Å²) in [5.41, 5.74) is 1.40. The Morgan fingerprint density at radius 2 is 1.31 bits per heavy atom. The molecule has 0 bridgehead atoms. The van der Waals surface area contributed by atoms with Crippen molar-refractivity contribution >= 4 is 30.3 Å². The van der Waals surface area contributed by atoms with E-state index in [0.29, 0.717) is 5.25 Å². The molecular weight excluding hydrogens is 521 g/mol. The Morgan fingerprint density at radius 3 is 1.86 bits per heavy atom. The van der Waals surface area contributed by atoms with Crippen molar-refractivity contribution in [2.75, 3.05) is 19.0 Å². The summed E-state index contributed by atoms with van der Waals surface area (Å²) >= 11 is 1.53. The number of benzene rings is 2. The van der Waals surface area contributed by atoms with Gasteiger partial charge in [-0.15, -0.1) is 0 Å². The molecule has 0 spiro atoms. The molecule has 210 valence electrons. The normalized spacial score (nSPS) is 14.4. The molecule has 10 heteroatoms. The molecule has 2 rings (SSSR count). The topological polar surface area (TPSA) is 18.5 Å². The first-order chi connectivity index (χ1) is 16.7. The summed E-state index contributed by atoms with van der Waals surface area (Å²) in [6.07, 6.45) is 9.47. The molecule has 0 saturated heterocycles. The summed E-state index contributed by atoms with van der Waals surface area (Å²) in [5.74, 6) is 3.33. The van der Waals surface area contributed by atoms with Crippen LogP contribution in [0.5, 0.6) is 11.5 Å². The maximum absolute atomic E-state index is 10.7. The van der Waals surface area contributed by atoms with Gasteiger partial charge in [-0.1, -0.05) is 65.5 Å². The van der Waals surface area contributed by atoms with Gasteiger partial charge in [0.05, 0.1) is 18.8 Å². The molecule has 0 radical (unpaired) electrons. The van der Waals surface area contributed by atoms with E-state index < -0.39 is 7.81 Å². The van der Waals surface area contributed by atoms with E-state index in [2.05, 4.69) is 58.0 Å². The summed E-state index contributed by atoms with van der Waals surface area (Å²) in [6, 6.07) is 11.0. The third kappa shape index (κ3) is 15.0. The first kappa shape index (κ1) is 32.7. The Balaban J connectivity index is 0.000000809. The van der Waals surface area contributed by atoms with Gasteiger partial charge in [0, 0.05) is 0 Å². The Bertz CT molecular complexity index is 906. The second-order valence-electron chi connectivity index (χ2n) is 8.79. The molecule has 0 aliphatic rings. The quantitative estimate of drug-likeness (QED) is 0.0707. The molecule has 2 aromatic rings. The number of fused-ring (bicyclic) bond motifs is 1. The maximum atomic E-state index is 9.87. The first-order valence-corrected chi connectivity index (χ1v) is 15.9. The molecule has 2 aromatic carbocycles. The van der Waals surface area contributed by atoms with Gasteiger partial charge in [-0.05, 0) is 66.4 Å². The Morgan fingerprint density at radius 1 is 0.750 bits per heavy atom. The average molecular weight is 563 g/mol. The van der Waals surface area contributed by atoms with Gasteiger partial charge in [0.25, 0.3) is 0 Å². The van der Waals surface area contributed by atoms with E-state index in [9.17, 15) is 25.2 Å². The number of hydrogen-bond acceptors (Lipinski definition) is 2. The van der Waals surface area contributed by atoms with Crippen molar-refractivity contribution in [3.05, 3.63) is 35.9 Å². The number of rotatable bonds is 15. The zero-order valence-corrected chi connectivity index (χ0v) is 23.5. The van der Waals surface area contributed by atoms with Gasteiger partial charge in [0.1, 0.15) is 22.5 Å². The third-order valence-corrected chi connectivity index (χ3v) is 6.80. The zero-order chi connectivity index (χ0) is 27.3. The molecule has 0 aliphatic carbocycles. The van der Waals surface area contributed by atoms with Gasteiger partial charge in [0.2, 0.25) is 0 Å². The van der Waals surface area contributed by atoms with Crippen molar-refractivity contribution < 1.29 is 34.7 Å². The molecule has 1 unspecified atom stereocenters. The van der Waals surface area contributed by atoms with Crippen molar-refractivity contribution in [3.8, 4) is 11.5 Å².